The van der Waals surface area contributed by atoms with Crippen molar-refractivity contribution < 1.29 is 37.3 Å². The first-order valence-corrected chi connectivity index (χ1v) is 9.46. The summed E-state index contributed by atoms with van der Waals surface area (Å²) in [6.07, 6.45) is 2.45. The first-order valence-electron chi connectivity index (χ1n) is 9.46. The van der Waals surface area contributed by atoms with Crippen LogP contribution in [0.3, 0.4) is 0 Å². The molecule has 0 saturated heterocycles. The molecule has 0 aromatic rings. The molecule has 0 bridgehead atoms. The van der Waals surface area contributed by atoms with Gasteiger partial charge in [0.1, 0.15) is 12.2 Å². The molecule has 0 atom stereocenters. The van der Waals surface area contributed by atoms with Crippen LogP contribution in [0.15, 0.2) is 12.2 Å². The number of ether oxygens (including phenoxy) is 2. The maximum absolute atomic E-state index is 12.3. The number of halogens is 3. The van der Waals surface area contributed by atoms with Crippen molar-refractivity contribution in [2.75, 3.05) is 13.2 Å². The highest BCUT2D eigenvalue weighted by Crippen LogP contribution is 2.40. The molecule has 8 heteroatoms. The Morgan fingerprint density at radius 3 is 1.93 bits per heavy atom. The standard InChI is InChI=1S/C19H27F3O5/c1-12(19(20,21)22)18(25)27-11-10-26-16-8-6-14(7-9-16)13-2-4-15(5-3-13)17(23)24/h13-16H,1-11H2,(H,23,24). The lowest BCUT2D eigenvalue weighted by atomic mass is 9.70. The van der Waals surface area contributed by atoms with E-state index in [2.05, 4.69) is 11.3 Å². The van der Waals surface area contributed by atoms with Crippen LogP contribution in [-0.4, -0.2) is 42.5 Å². The predicted octanol–water partition coefficient (Wildman–Crippen LogP) is 4.11. The van der Waals surface area contributed by atoms with Crippen LogP contribution in [0.5, 0.6) is 0 Å². The summed E-state index contributed by atoms with van der Waals surface area (Å²) in [4.78, 5) is 22.2. The van der Waals surface area contributed by atoms with Crippen molar-refractivity contribution >= 4 is 11.9 Å². The number of rotatable bonds is 7. The fraction of sp³-hybridized carbons (Fsp3) is 0.789. The number of carboxylic acid groups (broad SMARTS) is 1. The normalized spacial score (nSPS) is 29.1. The van der Waals surface area contributed by atoms with E-state index in [1.165, 1.54) is 0 Å². The molecule has 5 nitrogen and oxygen atoms in total. The third-order valence-electron chi connectivity index (χ3n) is 5.77. The molecule has 154 valence electrons. The van der Waals surface area contributed by atoms with Crippen molar-refractivity contribution in [3.05, 3.63) is 12.2 Å². The molecule has 0 aromatic carbocycles. The molecule has 2 aliphatic rings. The van der Waals surface area contributed by atoms with Gasteiger partial charge in [-0.25, -0.2) is 4.79 Å². The second-order valence-electron chi connectivity index (χ2n) is 7.47. The molecule has 1 N–H and O–H groups in total. The van der Waals surface area contributed by atoms with Crippen molar-refractivity contribution in [1.82, 2.24) is 0 Å². The van der Waals surface area contributed by atoms with Gasteiger partial charge in [0.15, 0.2) is 0 Å². The van der Waals surface area contributed by atoms with Crippen LogP contribution in [0.2, 0.25) is 0 Å². The lowest BCUT2D eigenvalue weighted by Crippen LogP contribution is -2.30. The average molecular weight is 392 g/mol. The number of carbonyl (C=O) groups is 2. The van der Waals surface area contributed by atoms with Crippen LogP contribution in [-0.2, 0) is 19.1 Å². The minimum Gasteiger partial charge on any atom is -0.481 e. The van der Waals surface area contributed by atoms with Crippen LogP contribution in [0.4, 0.5) is 13.2 Å². The minimum absolute atomic E-state index is 0.0288. The number of aliphatic carboxylic acids is 1. The molecule has 0 radical (unpaired) electrons. The van der Waals surface area contributed by atoms with E-state index in [-0.39, 0.29) is 25.2 Å². The summed E-state index contributed by atoms with van der Waals surface area (Å²) in [7, 11) is 0. The van der Waals surface area contributed by atoms with Gasteiger partial charge in [0.2, 0.25) is 0 Å². The van der Waals surface area contributed by atoms with Crippen molar-refractivity contribution in [2.45, 2.75) is 63.6 Å². The Morgan fingerprint density at radius 2 is 1.44 bits per heavy atom. The van der Waals surface area contributed by atoms with E-state index in [4.69, 9.17) is 9.84 Å². The third-order valence-corrected chi connectivity index (χ3v) is 5.77. The van der Waals surface area contributed by atoms with Gasteiger partial charge >= 0.3 is 18.1 Å². The Labute approximate surface area is 156 Å². The minimum atomic E-state index is -4.78. The summed E-state index contributed by atoms with van der Waals surface area (Å²) in [5.41, 5.74) is -1.51. The van der Waals surface area contributed by atoms with Crippen LogP contribution >= 0.6 is 0 Å². The highest BCUT2D eigenvalue weighted by molar-refractivity contribution is 5.89. The number of esters is 1. The number of hydrogen-bond acceptors (Lipinski definition) is 4. The molecule has 2 aliphatic carbocycles. The van der Waals surface area contributed by atoms with E-state index in [0.717, 1.165) is 51.4 Å². The average Bonchev–Trinajstić information content (AvgIpc) is 2.64. The van der Waals surface area contributed by atoms with E-state index in [1.54, 1.807) is 0 Å². The highest BCUT2D eigenvalue weighted by Gasteiger charge is 2.38. The second kappa shape index (κ2) is 9.57. The molecule has 2 saturated carbocycles. The lowest BCUT2D eigenvalue weighted by Gasteiger charge is -2.37. The number of carbonyl (C=O) groups excluding carboxylic acids is 1. The first-order chi connectivity index (χ1) is 12.7. The molecule has 0 unspecified atom stereocenters. The van der Waals surface area contributed by atoms with Crippen LogP contribution in [0, 0.1) is 17.8 Å². The van der Waals surface area contributed by atoms with Gasteiger partial charge in [-0.2, -0.15) is 13.2 Å². The largest absolute Gasteiger partial charge is 0.481 e. The second-order valence-corrected chi connectivity index (χ2v) is 7.47. The molecule has 0 heterocycles. The lowest BCUT2D eigenvalue weighted by molar-refractivity contribution is -0.153. The zero-order valence-corrected chi connectivity index (χ0v) is 15.3. The maximum Gasteiger partial charge on any atom is 0.422 e. The number of hydrogen-bond donors (Lipinski definition) is 1. The summed E-state index contributed by atoms with van der Waals surface area (Å²) < 4.78 is 47.0. The van der Waals surface area contributed by atoms with Gasteiger partial charge in [0, 0.05) is 0 Å². The van der Waals surface area contributed by atoms with E-state index in [1.807, 2.05) is 0 Å². The van der Waals surface area contributed by atoms with Crippen LogP contribution in [0.25, 0.3) is 0 Å². The maximum atomic E-state index is 12.3. The smallest absolute Gasteiger partial charge is 0.422 e. The summed E-state index contributed by atoms with van der Waals surface area (Å²) >= 11 is 0. The molecule has 27 heavy (non-hydrogen) atoms. The van der Waals surface area contributed by atoms with Gasteiger partial charge in [0.25, 0.3) is 0 Å². The SMILES string of the molecule is C=C(C(=O)OCCOC1CCC(C2CCC(C(=O)O)CC2)CC1)C(F)(F)F. The van der Waals surface area contributed by atoms with E-state index in [0.29, 0.717) is 11.8 Å². The molecule has 0 amide bonds. The Hall–Kier alpha value is -1.57. The topological polar surface area (TPSA) is 72.8 Å². The summed E-state index contributed by atoms with van der Waals surface area (Å²) in [5, 5.41) is 9.07. The summed E-state index contributed by atoms with van der Waals surface area (Å²) in [6, 6.07) is 0. The van der Waals surface area contributed by atoms with Crippen molar-refractivity contribution in [3.63, 3.8) is 0 Å². The Kier molecular flexibility index (Phi) is 7.70. The van der Waals surface area contributed by atoms with Crippen molar-refractivity contribution in [2.24, 2.45) is 17.8 Å². The molecular formula is C19H27F3O5. The Balaban J connectivity index is 1.59. The van der Waals surface area contributed by atoms with Gasteiger partial charge in [0.05, 0.1) is 18.6 Å². The molecule has 0 aromatic heterocycles. The summed E-state index contributed by atoms with van der Waals surface area (Å²) in [6.45, 7) is 2.52. The molecule has 0 spiro atoms. The van der Waals surface area contributed by atoms with E-state index >= 15 is 0 Å². The van der Waals surface area contributed by atoms with E-state index in [9.17, 15) is 22.8 Å². The van der Waals surface area contributed by atoms with Gasteiger partial charge in [-0.3, -0.25) is 4.79 Å². The Morgan fingerprint density at radius 1 is 0.926 bits per heavy atom. The quantitative estimate of drug-likeness (QED) is 0.401. The fourth-order valence-electron chi connectivity index (χ4n) is 4.12. The molecule has 0 aliphatic heterocycles. The molecule has 2 rings (SSSR count). The van der Waals surface area contributed by atoms with Crippen LogP contribution < -0.4 is 0 Å². The third kappa shape index (κ3) is 6.52. The van der Waals surface area contributed by atoms with Gasteiger partial charge in [-0.1, -0.05) is 6.58 Å². The zero-order chi connectivity index (χ0) is 20.0. The zero-order valence-electron chi connectivity index (χ0n) is 15.3. The fourth-order valence-corrected chi connectivity index (χ4v) is 4.12. The molecule has 2 fully saturated rings. The highest BCUT2D eigenvalue weighted by atomic mass is 19.4. The number of alkyl halides is 3. The number of carboxylic acids is 1. The first kappa shape index (κ1) is 21.7. The van der Waals surface area contributed by atoms with Crippen molar-refractivity contribution in [3.8, 4) is 0 Å². The van der Waals surface area contributed by atoms with Gasteiger partial charge in [-0.05, 0) is 63.2 Å². The van der Waals surface area contributed by atoms with Crippen LogP contribution in [0.1, 0.15) is 51.4 Å². The van der Waals surface area contributed by atoms with Gasteiger partial charge in [-0.15, -0.1) is 0 Å². The monoisotopic (exact) mass is 392 g/mol. The Bertz CT molecular complexity index is 530. The predicted molar refractivity (Wildman–Crippen MR) is 90.9 cm³/mol. The van der Waals surface area contributed by atoms with Gasteiger partial charge < -0.3 is 14.6 Å². The molecular weight excluding hydrogens is 365 g/mol. The van der Waals surface area contributed by atoms with Crippen molar-refractivity contribution in [1.29, 1.82) is 0 Å². The van der Waals surface area contributed by atoms with E-state index < -0.39 is 23.7 Å². The summed E-state index contributed by atoms with van der Waals surface area (Å²) in [5.74, 6) is -1.18.